The van der Waals surface area contributed by atoms with Crippen LogP contribution >= 0.6 is 22.6 Å². The van der Waals surface area contributed by atoms with Crippen molar-refractivity contribution in [1.82, 2.24) is 5.32 Å². The summed E-state index contributed by atoms with van der Waals surface area (Å²) in [5.74, 6) is -0.306. The Bertz CT molecular complexity index is 468. The summed E-state index contributed by atoms with van der Waals surface area (Å²) in [6.07, 6.45) is 0.458. The Morgan fingerprint density at radius 1 is 1.24 bits per heavy atom. The number of benzene rings is 1. The third-order valence-corrected chi connectivity index (χ3v) is 3.89. The second-order valence-corrected chi connectivity index (χ2v) is 7.27. The lowest BCUT2D eigenvalue weighted by Crippen LogP contribution is -2.31. The zero-order valence-electron chi connectivity index (χ0n) is 12.7. The average Bonchev–Trinajstić information content (AvgIpc) is 2.41. The maximum Gasteiger partial charge on any atom is 0.323 e. The van der Waals surface area contributed by atoms with Crippen LogP contribution in [0.1, 0.15) is 36.7 Å². The fourth-order valence-corrected chi connectivity index (χ4v) is 2.31. The second kappa shape index (κ2) is 8.36. The smallest absolute Gasteiger partial charge is 0.323 e. The van der Waals surface area contributed by atoms with Crippen LogP contribution in [0.4, 0.5) is 0 Å². The monoisotopic (exact) mass is 403 g/mol. The summed E-state index contributed by atoms with van der Waals surface area (Å²) in [5, 5.41) is 2.75. The Morgan fingerprint density at radius 3 is 2.43 bits per heavy atom. The molecule has 0 heterocycles. The maximum atomic E-state index is 11.9. The molecular weight excluding hydrogens is 381 g/mol. The van der Waals surface area contributed by atoms with Crippen molar-refractivity contribution in [1.29, 1.82) is 0 Å². The van der Waals surface area contributed by atoms with Gasteiger partial charge in [-0.1, -0.05) is 73.7 Å². The topological polar surface area (TPSA) is 55.4 Å². The molecule has 0 bridgehead atoms. The summed E-state index contributed by atoms with van der Waals surface area (Å²) in [7, 11) is 0. The summed E-state index contributed by atoms with van der Waals surface area (Å²) in [5.41, 5.74) is 0.876. The summed E-state index contributed by atoms with van der Waals surface area (Å²) < 4.78 is 4.85. The molecule has 1 rings (SSSR count). The van der Waals surface area contributed by atoms with E-state index in [2.05, 4.69) is 27.9 Å². The lowest BCUT2D eigenvalue weighted by molar-refractivity contribution is -0.143. The van der Waals surface area contributed by atoms with Crippen LogP contribution in [-0.4, -0.2) is 25.0 Å². The average molecular weight is 403 g/mol. The Labute approximate surface area is 139 Å². The molecule has 0 aliphatic heterocycles. The predicted molar refractivity (Wildman–Crippen MR) is 91.2 cm³/mol. The van der Waals surface area contributed by atoms with E-state index >= 15 is 0 Å². The minimum atomic E-state index is -0.325. The molecule has 1 atom stereocenters. The summed E-state index contributed by atoms with van der Waals surface area (Å²) >= 11 is 2.05. The first-order valence-corrected chi connectivity index (χ1v) is 8.16. The molecule has 0 aliphatic carbocycles. The van der Waals surface area contributed by atoms with Crippen molar-refractivity contribution in [3.63, 3.8) is 0 Å². The fraction of sp³-hybridized carbons (Fsp3) is 0.500. The molecule has 1 N–H and O–H groups in total. The lowest BCUT2D eigenvalue weighted by atomic mass is 9.92. The third kappa shape index (κ3) is 7.45. The molecule has 21 heavy (non-hydrogen) atoms. The van der Waals surface area contributed by atoms with Crippen molar-refractivity contribution < 1.29 is 14.3 Å². The third-order valence-electron chi connectivity index (χ3n) is 2.66. The zero-order chi connectivity index (χ0) is 15.9. The molecule has 1 amide bonds. The van der Waals surface area contributed by atoms with Gasteiger partial charge in [-0.05, 0) is 11.0 Å². The number of esters is 1. The van der Waals surface area contributed by atoms with Gasteiger partial charge < -0.3 is 10.1 Å². The predicted octanol–water partition coefficient (Wildman–Crippen LogP) is 3.26. The van der Waals surface area contributed by atoms with Gasteiger partial charge >= 0.3 is 5.97 Å². The van der Waals surface area contributed by atoms with Gasteiger partial charge in [-0.2, -0.15) is 0 Å². The second-order valence-electron chi connectivity index (χ2n) is 6.03. The van der Waals surface area contributed by atoms with E-state index in [0.717, 1.165) is 5.56 Å². The number of halogens is 1. The van der Waals surface area contributed by atoms with Crippen molar-refractivity contribution in [3.05, 3.63) is 35.9 Å². The van der Waals surface area contributed by atoms with Gasteiger partial charge in [0.1, 0.15) is 10.5 Å². The fourth-order valence-electron chi connectivity index (χ4n) is 1.72. The number of carbonyl (C=O) groups is 2. The van der Waals surface area contributed by atoms with Gasteiger partial charge in [-0.25, -0.2) is 0 Å². The van der Waals surface area contributed by atoms with Crippen molar-refractivity contribution in [2.75, 3.05) is 13.2 Å². The Morgan fingerprint density at radius 2 is 1.86 bits per heavy atom. The number of carbonyl (C=O) groups excluding carboxylic acids is 2. The molecule has 0 aliphatic rings. The van der Waals surface area contributed by atoms with E-state index in [9.17, 15) is 9.59 Å². The number of alkyl halides is 1. The van der Waals surface area contributed by atoms with Crippen LogP contribution in [0.25, 0.3) is 0 Å². The molecule has 5 heteroatoms. The lowest BCUT2D eigenvalue weighted by Gasteiger charge is -2.17. The molecule has 1 aromatic carbocycles. The molecule has 116 valence electrons. The number of amides is 1. The van der Waals surface area contributed by atoms with E-state index in [0.29, 0.717) is 13.0 Å². The van der Waals surface area contributed by atoms with E-state index in [1.54, 1.807) is 0 Å². The standard InChI is InChI=1S/C16H22INO3/c1-16(2,3)11-13(19)18-9-10-21-15(20)14(17)12-7-5-4-6-8-12/h4-8,14H,9-11H2,1-3H3,(H,18,19). The van der Waals surface area contributed by atoms with Gasteiger partial charge in [-0.15, -0.1) is 0 Å². The van der Waals surface area contributed by atoms with Crippen LogP contribution in [0.5, 0.6) is 0 Å². The van der Waals surface area contributed by atoms with Gasteiger partial charge in [0.25, 0.3) is 0 Å². The highest BCUT2D eigenvalue weighted by atomic mass is 127. The normalized spacial score (nSPS) is 12.6. The van der Waals surface area contributed by atoms with Crippen molar-refractivity contribution >= 4 is 34.5 Å². The maximum absolute atomic E-state index is 11.9. The van der Waals surface area contributed by atoms with Crippen LogP contribution in [0.15, 0.2) is 30.3 Å². The van der Waals surface area contributed by atoms with E-state index in [1.807, 2.05) is 51.1 Å². The molecule has 0 aromatic heterocycles. The molecule has 0 saturated heterocycles. The molecule has 1 unspecified atom stereocenters. The minimum Gasteiger partial charge on any atom is -0.463 e. The van der Waals surface area contributed by atoms with Crippen LogP contribution in [0.3, 0.4) is 0 Å². The molecule has 0 fully saturated rings. The van der Waals surface area contributed by atoms with E-state index < -0.39 is 0 Å². The number of hydrogen-bond acceptors (Lipinski definition) is 3. The van der Waals surface area contributed by atoms with Crippen LogP contribution < -0.4 is 5.32 Å². The number of hydrogen-bond donors (Lipinski definition) is 1. The van der Waals surface area contributed by atoms with Gasteiger partial charge in [0.2, 0.25) is 5.91 Å². The summed E-state index contributed by atoms with van der Waals surface area (Å²) in [6.45, 7) is 6.56. The molecular formula is C16H22INO3. The highest BCUT2D eigenvalue weighted by molar-refractivity contribution is 14.1. The molecule has 1 aromatic rings. The molecule has 0 radical (unpaired) electrons. The molecule has 0 saturated carbocycles. The first-order chi connectivity index (χ1) is 9.79. The van der Waals surface area contributed by atoms with E-state index in [4.69, 9.17) is 4.74 Å². The molecule has 0 spiro atoms. The first kappa shape index (κ1) is 17.9. The van der Waals surface area contributed by atoms with Crippen molar-refractivity contribution in [3.8, 4) is 0 Å². The Hall–Kier alpha value is -1.11. The summed E-state index contributed by atoms with van der Waals surface area (Å²) in [4.78, 5) is 23.5. The zero-order valence-corrected chi connectivity index (χ0v) is 14.8. The molecule has 4 nitrogen and oxygen atoms in total. The quantitative estimate of drug-likeness (QED) is 0.343. The number of ether oxygens (including phenoxy) is 1. The van der Waals surface area contributed by atoms with Gasteiger partial charge in [0.15, 0.2) is 0 Å². The van der Waals surface area contributed by atoms with Crippen LogP contribution in [0.2, 0.25) is 0 Å². The Balaban J connectivity index is 2.27. The van der Waals surface area contributed by atoms with Crippen LogP contribution in [-0.2, 0) is 14.3 Å². The summed E-state index contributed by atoms with van der Waals surface area (Å²) in [6, 6.07) is 9.47. The highest BCUT2D eigenvalue weighted by Crippen LogP contribution is 2.24. The van der Waals surface area contributed by atoms with E-state index in [1.165, 1.54) is 0 Å². The van der Waals surface area contributed by atoms with E-state index in [-0.39, 0.29) is 27.8 Å². The van der Waals surface area contributed by atoms with Crippen LogP contribution in [0, 0.1) is 5.41 Å². The number of rotatable bonds is 6. The largest absolute Gasteiger partial charge is 0.463 e. The minimum absolute atomic E-state index is 0.0207. The van der Waals surface area contributed by atoms with Crippen molar-refractivity contribution in [2.24, 2.45) is 5.41 Å². The first-order valence-electron chi connectivity index (χ1n) is 6.92. The number of nitrogens with one attached hydrogen (secondary N) is 1. The van der Waals surface area contributed by atoms with Gasteiger partial charge in [0.05, 0.1) is 6.54 Å². The highest BCUT2D eigenvalue weighted by Gasteiger charge is 2.18. The Kier molecular flexibility index (Phi) is 7.14. The van der Waals surface area contributed by atoms with Gasteiger partial charge in [-0.3, -0.25) is 9.59 Å². The van der Waals surface area contributed by atoms with Gasteiger partial charge in [0, 0.05) is 6.42 Å². The van der Waals surface area contributed by atoms with Crippen molar-refractivity contribution in [2.45, 2.75) is 31.1 Å². The SMILES string of the molecule is CC(C)(C)CC(=O)NCCOC(=O)C(I)c1ccccc1.